The van der Waals surface area contributed by atoms with E-state index in [0.29, 0.717) is 69.0 Å². The van der Waals surface area contributed by atoms with Gasteiger partial charge in [-0.25, -0.2) is 66.5 Å². The van der Waals surface area contributed by atoms with E-state index in [2.05, 4.69) is 15.6 Å². The Hall–Kier alpha value is -13.5. The lowest BCUT2D eigenvalue weighted by molar-refractivity contribution is -0.138. The molecule has 0 spiro atoms. The molecule has 2 N–H and O–H groups in total. The van der Waals surface area contributed by atoms with Gasteiger partial charge in [0.05, 0.1) is 135 Å². The van der Waals surface area contributed by atoms with Crippen molar-refractivity contribution in [1.29, 1.82) is 0 Å². The second-order valence-corrected chi connectivity index (χ2v) is 39.7. The number of amides is 19. The summed E-state index contributed by atoms with van der Waals surface area (Å²) < 4.78 is 226. The number of carbonyl (C=O) groups is 13. The van der Waals surface area contributed by atoms with E-state index in [1.807, 2.05) is 25.7 Å². The monoisotopic (exact) mass is 2010 g/mol. The fraction of sp³-hybridized carbons (Fsp3) is 0.449. The Morgan fingerprint density at radius 3 is 1.00 bits per heavy atom. The topological polar surface area (TPSA) is 351 Å². The highest BCUT2D eigenvalue weighted by Gasteiger charge is 2.69. The second kappa shape index (κ2) is 35.1. The molecular weight excluding hydrogens is 1930 g/mol. The molecule has 5 unspecified atom stereocenters. The summed E-state index contributed by atoms with van der Waals surface area (Å²) in [5.41, 5.74) is -5.04. The summed E-state index contributed by atoms with van der Waals surface area (Å²) in [6.45, 7) is 11.8. The van der Waals surface area contributed by atoms with Crippen molar-refractivity contribution >= 4 is 139 Å². The number of alkyl halides is 15. The number of pyridine rings is 1. The van der Waals surface area contributed by atoms with Crippen molar-refractivity contribution in [1.82, 2.24) is 58.7 Å². The first kappa shape index (κ1) is 98.1. The molecule has 744 valence electrons. The lowest BCUT2D eigenvalue weighted by Gasteiger charge is -2.36. The SMILES string of the molecule is CC(C)(C)NC(=O)N1CC2C[C@@H]1[C@@H]1C(=O)N(c3cccc(C(F)(F)F)c3)C(=O)N21.CC(C)S(=O)(=O)N1CC2C[C@@H]1[C@@H]1C(=O)N(c3cccc(C(F)(F)F)c3)C(=O)N21.CCC(=O)N1CC2C[C@@H]1[C@@H]1C(=O)N(c3cccc(C(F)(F)F)c3)C(=O)N21.COC(=O)N1CC2C[C@@H]1[C@@H]1C(=O)N(c3cccc(C(F)(F)F)c3)C(=O)N21.O=C1[C@H]2[C@H]3CC(CN3C(=S)Nc3cccnc3)N2C(=O)N1c1cccc(C(F)(F)F)c1. The number of anilines is 6. The van der Waals surface area contributed by atoms with Crippen molar-refractivity contribution in [3.63, 3.8) is 0 Å². The number of carbonyl (C=O) groups excluding carboxylic acids is 13. The number of nitrogens with one attached hydrogen (secondary N) is 2. The summed E-state index contributed by atoms with van der Waals surface area (Å²) in [6, 6.07) is 12.2. The number of methoxy groups -OCH3 is 1. The van der Waals surface area contributed by atoms with E-state index in [1.54, 1.807) is 41.2 Å². The predicted octanol–water partition coefficient (Wildman–Crippen LogP) is 12.2. The standard InChI is InChI=1S/C20H16F3N5O2S.C19H21F3N4O3.C17H18F3N3O4S.C17H16F3N3O3.C16H14F3N3O4/c21-20(22,23)11-3-1-5-13(7-11)28-17(29)16-15-8-14(27(16)19(28)30)10-26(15)18(31)25-12-4-2-6-24-9-12;1-18(2,3)23-16(28)24-9-12-8-13(24)14-15(27)26(17(29)25(12)14)11-6-4-5-10(7-11)19(20,21)22;1-9(2)28(26,27)21-8-12-7-13(21)14-15(24)23(16(25)22(12)14)11-5-3-4-10(6-11)17(18,19)20;1-2-13(24)21-8-11-7-12(21)14-15(25)23(16(26)22(11)14)10-5-3-4-9(6-10)17(18,19)20;1-26-15(25)20-7-10-6-11(20)12-13(23)22(14(24)21(10)12)9-4-2-3-8(5-9)16(17,18)19/h1-7,9,14-16H,8,10H2,(H,25,31);4-7,12-14H,8-9H2,1-3H3,(H,23,28);3-6,9,12-14H,7-8H2,1-2H3;3-6,11-12,14H,2,7-8H2,1H3;2-5,10-12H,6-7H2,1H3/t14?,15-,16-;2*12?,13-,14-;11?,12-,14-;10?,11-,12-/m11111/s1. The summed E-state index contributed by atoms with van der Waals surface area (Å²) in [5, 5.41) is 5.68. The number of sulfonamides is 1. The maximum atomic E-state index is 13.2. The highest BCUT2D eigenvalue weighted by atomic mass is 32.2. The number of hydrogen-bond donors (Lipinski definition) is 2. The maximum Gasteiger partial charge on any atom is 0.416 e. The summed E-state index contributed by atoms with van der Waals surface area (Å²) in [7, 11) is -2.39. The Morgan fingerprint density at radius 1 is 0.414 bits per heavy atom. The zero-order valence-corrected chi connectivity index (χ0v) is 76.2. The number of piperazine rings is 5. The van der Waals surface area contributed by atoms with E-state index in [9.17, 15) is 137 Å². The number of likely N-dealkylation sites (tertiary alicyclic amines) is 4. The number of urea groups is 6. The van der Waals surface area contributed by atoms with Crippen LogP contribution >= 0.6 is 12.2 Å². The number of rotatable bonds is 9. The largest absolute Gasteiger partial charge is 0.453 e. The van der Waals surface area contributed by atoms with Gasteiger partial charge in [-0.05, 0) is 182 Å². The number of thiocarbonyl (C=S) groups is 1. The van der Waals surface area contributed by atoms with E-state index in [0.717, 1.165) is 97.3 Å². The molecule has 1 aromatic heterocycles. The van der Waals surface area contributed by atoms with Gasteiger partial charge in [-0.3, -0.25) is 33.8 Å². The first-order chi connectivity index (χ1) is 65.5. The van der Waals surface area contributed by atoms with Crippen molar-refractivity contribution in [3.8, 4) is 0 Å². The molecule has 5 aromatic carbocycles. The molecule has 0 aliphatic carbocycles. The summed E-state index contributed by atoms with van der Waals surface area (Å²) in [4.78, 5) is 187. The van der Waals surface area contributed by atoms with Gasteiger partial charge in [-0.1, -0.05) is 37.3 Å². The third-order valence-corrected chi connectivity index (χ3v) is 29.9. The van der Waals surface area contributed by atoms with Crippen LogP contribution in [-0.4, -0.2) is 286 Å². The molecule has 15 aliphatic heterocycles. The van der Waals surface area contributed by atoms with Crippen molar-refractivity contribution in [3.05, 3.63) is 174 Å². The minimum atomic E-state index is -4.61. The number of ether oxygens (including phenoxy) is 1. The molecule has 16 heterocycles. The van der Waals surface area contributed by atoms with Gasteiger partial charge in [0.2, 0.25) is 15.9 Å². The van der Waals surface area contributed by atoms with Crippen LogP contribution in [-0.2, 0) is 74.4 Å². The van der Waals surface area contributed by atoms with Crippen molar-refractivity contribution in [2.24, 2.45) is 0 Å². The van der Waals surface area contributed by atoms with Crippen LogP contribution in [0.3, 0.4) is 0 Å². The molecule has 34 nitrogen and oxygen atoms in total. The lowest BCUT2D eigenvalue weighted by atomic mass is 10.1. The normalized spacial score (nSPS) is 26.8. The Morgan fingerprint density at radius 2 is 0.700 bits per heavy atom. The third kappa shape index (κ3) is 16.9. The highest BCUT2D eigenvalue weighted by Crippen LogP contribution is 2.51. The van der Waals surface area contributed by atoms with Gasteiger partial charge >= 0.3 is 73.2 Å². The van der Waals surface area contributed by atoms with Crippen LogP contribution < -0.4 is 35.1 Å². The molecule has 15 atom stereocenters. The average molecular weight is 2010 g/mol. The molecule has 51 heteroatoms. The average Bonchev–Trinajstić information content (AvgIpc) is 1.54. The number of halogens is 15. The number of aromatic nitrogens is 1. The molecule has 21 rings (SSSR count). The van der Waals surface area contributed by atoms with E-state index < -0.39 is 206 Å². The molecule has 15 fully saturated rings. The Balaban J connectivity index is 0.000000121. The molecule has 10 bridgehead atoms. The summed E-state index contributed by atoms with van der Waals surface area (Å²) >= 11 is 5.50. The number of imide groups is 5. The fourth-order valence-electron chi connectivity index (χ4n) is 21.4. The molecule has 15 aliphatic rings. The van der Waals surface area contributed by atoms with Gasteiger partial charge in [0.1, 0.15) is 30.2 Å². The maximum absolute atomic E-state index is 13.2. The van der Waals surface area contributed by atoms with E-state index in [1.165, 1.54) is 103 Å². The predicted molar refractivity (Wildman–Crippen MR) is 465 cm³/mol. The molecule has 19 amide bonds. The smallest absolute Gasteiger partial charge is 0.416 e. The number of hydrogen-bond acceptors (Lipinski definition) is 18. The Kier molecular flexibility index (Phi) is 24.6. The molecule has 15 saturated heterocycles. The summed E-state index contributed by atoms with van der Waals surface area (Å²) in [5.74, 6) is -3.12. The van der Waals surface area contributed by atoms with E-state index >= 15 is 0 Å². The zero-order chi connectivity index (χ0) is 101. The van der Waals surface area contributed by atoms with Crippen LogP contribution in [0.5, 0.6) is 0 Å². The molecule has 6 aromatic rings. The molecule has 0 saturated carbocycles. The minimum absolute atomic E-state index is 0.0822. The van der Waals surface area contributed by atoms with Gasteiger partial charge < -0.3 is 59.5 Å². The first-order valence-corrected chi connectivity index (χ1v) is 45.9. The number of benzene rings is 5. The van der Waals surface area contributed by atoms with E-state index in [-0.39, 0.29) is 83.7 Å². The van der Waals surface area contributed by atoms with Gasteiger partial charge in [-0.15, -0.1) is 0 Å². The van der Waals surface area contributed by atoms with Crippen LogP contribution in [0.15, 0.2) is 146 Å². The molecular formula is C89H85F15N18O16S2. The number of nitrogens with zero attached hydrogens (tertiary/aromatic N) is 16. The van der Waals surface area contributed by atoms with Crippen molar-refractivity contribution < 1.29 is 141 Å². The van der Waals surface area contributed by atoms with Gasteiger partial charge in [0.15, 0.2) is 5.11 Å². The Labute approximate surface area is 791 Å². The minimum Gasteiger partial charge on any atom is -0.453 e. The Bertz CT molecular complexity index is 6140. The van der Waals surface area contributed by atoms with Crippen LogP contribution in [0.25, 0.3) is 0 Å². The third-order valence-electron chi connectivity index (χ3n) is 27.3. The summed E-state index contributed by atoms with van der Waals surface area (Å²) in [6.07, 6.45) is -17.6. The van der Waals surface area contributed by atoms with Gasteiger partial charge in [-0.2, -0.15) is 70.2 Å². The first-order valence-electron chi connectivity index (χ1n) is 43.9. The van der Waals surface area contributed by atoms with Crippen molar-refractivity contribution in [2.45, 2.75) is 212 Å². The van der Waals surface area contributed by atoms with Crippen LogP contribution in [0.2, 0.25) is 0 Å². The van der Waals surface area contributed by atoms with Crippen molar-refractivity contribution in [2.75, 3.05) is 69.6 Å². The quantitative estimate of drug-likeness (QED) is 0.0771. The molecule has 0 radical (unpaired) electrons. The van der Waals surface area contributed by atoms with Crippen LogP contribution in [0.1, 0.15) is 108 Å². The second-order valence-electron chi connectivity index (χ2n) is 36.9. The lowest BCUT2D eigenvalue weighted by Crippen LogP contribution is -2.59. The highest BCUT2D eigenvalue weighted by molar-refractivity contribution is 7.89. The van der Waals surface area contributed by atoms with Crippen LogP contribution in [0.4, 0.5) is 134 Å². The van der Waals surface area contributed by atoms with Gasteiger partial charge in [0.25, 0.3) is 29.5 Å². The van der Waals surface area contributed by atoms with Crippen LogP contribution in [0, 0.1) is 0 Å². The number of fused-ring (bicyclic) bond motifs is 25. The zero-order valence-electron chi connectivity index (χ0n) is 74.5. The van der Waals surface area contributed by atoms with Gasteiger partial charge in [0, 0.05) is 56.9 Å². The van der Waals surface area contributed by atoms with E-state index in [4.69, 9.17) is 17.0 Å². The fourth-order valence-corrected chi connectivity index (χ4v) is 23.2. The molecule has 140 heavy (non-hydrogen) atoms.